The lowest BCUT2D eigenvalue weighted by Crippen LogP contribution is -2.51. The summed E-state index contributed by atoms with van der Waals surface area (Å²) in [5.41, 5.74) is 4.40. The number of anilines is 1. The van der Waals surface area contributed by atoms with E-state index in [1.807, 2.05) is 0 Å². The molecule has 0 radical (unpaired) electrons. The molecule has 0 aliphatic carbocycles. The van der Waals surface area contributed by atoms with Gasteiger partial charge in [0.05, 0.1) is 0 Å². The van der Waals surface area contributed by atoms with Crippen LogP contribution in [0.25, 0.3) is 0 Å². The average molecular weight is 245 g/mol. The Bertz CT molecular complexity index is 433. The van der Waals surface area contributed by atoms with E-state index in [-0.39, 0.29) is 5.54 Å². The molecule has 3 heteroatoms. The van der Waals surface area contributed by atoms with E-state index in [0.29, 0.717) is 0 Å². The molecule has 1 aromatic carbocycles. The van der Waals surface area contributed by atoms with Crippen LogP contribution in [0, 0.1) is 0 Å². The summed E-state index contributed by atoms with van der Waals surface area (Å²) >= 11 is 0. The van der Waals surface area contributed by atoms with Crippen molar-refractivity contribution in [1.29, 1.82) is 0 Å². The van der Waals surface area contributed by atoms with Crippen LogP contribution in [0.4, 0.5) is 5.69 Å². The van der Waals surface area contributed by atoms with Crippen molar-refractivity contribution >= 4 is 5.69 Å². The Morgan fingerprint density at radius 2 is 1.89 bits per heavy atom. The fourth-order valence-corrected chi connectivity index (χ4v) is 3.09. The van der Waals surface area contributed by atoms with Gasteiger partial charge in [0.15, 0.2) is 0 Å². The minimum Gasteiger partial charge on any atom is -0.384 e. The third kappa shape index (κ3) is 2.02. The van der Waals surface area contributed by atoms with Gasteiger partial charge in [0.25, 0.3) is 0 Å². The van der Waals surface area contributed by atoms with Gasteiger partial charge in [-0.25, -0.2) is 0 Å². The molecule has 3 nitrogen and oxygen atoms in total. The summed E-state index contributed by atoms with van der Waals surface area (Å²) < 4.78 is 0. The quantitative estimate of drug-likeness (QED) is 0.832. The molecule has 0 unspecified atom stereocenters. The van der Waals surface area contributed by atoms with Gasteiger partial charge in [-0.05, 0) is 37.5 Å². The molecule has 0 bridgehead atoms. The Morgan fingerprint density at radius 1 is 1.11 bits per heavy atom. The highest BCUT2D eigenvalue weighted by molar-refractivity contribution is 5.57. The van der Waals surface area contributed by atoms with Gasteiger partial charge in [-0.1, -0.05) is 12.1 Å². The third-order valence-corrected chi connectivity index (χ3v) is 4.43. The second-order valence-corrected chi connectivity index (χ2v) is 5.84. The van der Waals surface area contributed by atoms with Crippen molar-refractivity contribution < 1.29 is 0 Å². The van der Waals surface area contributed by atoms with E-state index in [9.17, 15) is 0 Å². The first-order valence-electron chi connectivity index (χ1n) is 7.01. The Morgan fingerprint density at radius 3 is 2.67 bits per heavy atom. The molecule has 0 atom stereocenters. The third-order valence-electron chi connectivity index (χ3n) is 4.43. The molecule has 2 aliphatic heterocycles. The first kappa shape index (κ1) is 12.0. The molecule has 2 aliphatic rings. The Balaban J connectivity index is 1.87. The second kappa shape index (κ2) is 4.56. The first-order valence-corrected chi connectivity index (χ1v) is 7.01. The van der Waals surface area contributed by atoms with E-state index in [0.717, 1.165) is 32.7 Å². The molecule has 2 N–H and O–H groups in total. The summed E-state index contributed by atoms with van der Waals surface area (Å²) in [4.78, 5) is 2.59. The van der Waals surface area contributed by atoms with Gasteiger partial charge in [0, 0.05) is 44.0 Å². The minimum atomic E-state index is 0.139. The van der Waals surface area contributed by atoms with Gasteiger partial charge in [0.1, 0.15) is 0 Å². The van der Waals surface area contributed by atoms with Crippen molar-refractivity contribution in [1.82, 2.24) is 10.2 Å². The summed E-state index contributed by atoms with van der Waals surface area (Å²) in [5, 5.41) is 6.86. The topological polar surface area (TPSA) is 27.3 Å². The zero-order chi connectivity index (χ0) is 12.6. The Labute approximate surface area is 110 Å². The van der Waals surface area contributed by atoms with Crippen molar-refractivity contribution in [2.75, 3.05) is 38.0 Å². The molecule has 1 aromatic rings. The van der Waals surface area contributed by atoms with Crippen molar-refractivity contribution in [3.8, 4) is 0 Å². The van der Waals surface area contributed by atoms with Crippen molar-refractivity contribution in [2.24, 2.45) is 0 Å². The predicted octanol–water partition coefficient (Wildman–Crippen LogP) is 1.79. The van der Waals surface area contributed by atoms with E-state index in [2.05, 4.69) is 47.6 Å². The average Bonchev–Trinajstić information content (AvgIpc) is 2.87. The maximum atomic E-state index is 3.43. The number of hydrogen-bond acceptors (Lipinski definition) is 3. The number of rotatable bonds is 2. The van der Waals surface area contributed by atoms with Crippen LogP contribution in [-0.4, -0.2) is 37.6 Å². The number of benzene rings is 1. The lowest BCUT2D eigenvalue weighted by atomic mass is 9.90. The zero-order valence-electron chi connectivity index (χ0n) is 11.4. The van der Waals surface area contributed by atoms with Crippen molar-refractivity contribution in [3.05, 3.63) is 29.3 Å². The normalized spacial score (nSPS) is 20.6. The number of piperazine rings is 1. The predicted molar refractivity (Wildman–Crippen MR) is 76.1 cm³/mol. The molecule has 18 heavy (non-hydrogen) atoms. The maximum Gasteiger partial charge on any atom is 0.0405 e. The van der Waals surface area contributed by atoms with Crippen LogP contribution in [0.2, 0.25) is 0 Å². The highest BCUT2D eigenvalue weighted by Crippen LogP contribution is 2.32. The van der Waals surface area contributed by atoms with Crippen molar-refractivity contribution in [3.63, 3.8) is 0 Å². The molecule has 2 heterocycles. The smallest absolute Gasteiger partial charge is 0.0405 e. The molecule has 3 rings (SSSR count). The van der Waals surface area contributed by atoms with Crippen LogP contribution in [0.15, 0.2) is 18.2 Å². The van der Waals surface area contributed by atoms with E-state index in [1.165, 1.54) is 23.2 Å². The summed E-state index contributed by atoms with van der Waals surface area (Å²) in [7, 11) is 0. The molecule has 98 valence electrons. The number of fused-ring (bicyclic) bond motifs is 1. The van der Waals surface area contributed by atoms with Crippen LogP contribution >= 0.6 is 0 Å². The second-order valence-electron chi connectivity index (χ2n) is 5.84. The highest BCUT2D eigenvalue weighted by Gasteiger charge is 2.30. The molecular formula is C15H23N3. The SMILES string of the molecule is CC(C)(c1ccc2c(c1)CCN2)N1CCNCC1. The molecular weight excluding hydrogens is 222 g/mol. The maximum absolute atomic E-state index is 3.43. The van der Waals surface area contributed by atoms with Crippen molar-refractivity contribution in [2.45, 2.75) is 25.8 Å². The summed E-state index contributed by atoms with van der Waals surface area (Å²) in [6.07, 6.45) is 1.17. The van der Waals surface area contributed by atoms with E-state index in [1.54, 1.807) is 0 Å². The van der Waals surface area contributed by atoms with Gasteiger partial charge in [-0.3, -0.25) is 4.90 Å². The molecule has 0 saturated carbocycles. The van der Waals surface area contributed by atoms with E-state index in [4.69, 9.17) is 0 Å². The monoisotopic (exact) mass is 245 g/mol. The van der Waals surface area contributed by atoms with Crippen LogP contribution < -0.4 is 10.6 Å². The van der Waals surface area contributed by atoms with E-state index >= 15 is 0 Å². The van der Waals surface area contributed by atoms with Gasteiger partial charge in [0.2, 0.25) is 0 Å². The van der Waals surface area contributed by atoms with Crippen LogP contribution in [0.5, 0.6) is 0 Å². The largest absolute Gasteiger partial charge is 0.384 e. The lowest BCUT2D eigenvalue weighted by Gasteiger charge is -2.41. The van der Waals surface area contributed by atoms with Gasteiger partial charge in [-0.15, -0.1) is 0 Å². The fraction of sp³-hybridized carbons (Fsp3) is 0.600. The summed E-state index contributed by atoms with van der Waals surface area (Å²) in [6, 6.07) is 6.94. The molecule has 0 amide bonds. The molecule has 0 aromatic heterocycles. The number of nitrogens with one attached hydrogen (secondary N) is 2. The van der Waals surface area contributed by atoms with E-state index < -0.39 is 0 Å². The van der Waals surface area contributed by atoms with Gasteiger partial charge in [-0.2, -0.15) is 0 Å². The lowest BCUT2D eigenvalue weighted by molar-refractivity contribution is 0.102. The highest BCUT2D eigenvalue weighted by atomic mass is 15.2. The van der Waals surface area contributed by atoms with Gasteiger partial charge >= 0.3 is 0 Å². The summed E-state index contributed by atoms with van der Waals surface area (Å²) in [5.74, 6) is 0. The van der Waals surface area contributed by atoms with Crippen LogP contribution in [0.1, 0.15) is 25.0 Å². The Kier molecular flexibility index (Phi) is 3.04. The first-order chi connectivity index (χ1) is 8.68. The fourth-order valence-electron chi connectivity index (χ4n) is 3.09. The molecule has 1 saturated heterocycles. The number of nitrogens with zero attached hydrogens (tertiary/aromatic N) is 1. The van der Waals surface area contributed by atoms with Crippen LogP contribution in [0.3, 0.4) is 0 Å². The standard InChI is InChI=1S/C15H23N3/c1-15(2,18-9-7-16-8-10-18)13-3-4-14-12(11-13)5-6-17-14/h3-4,11,16-17H,5-10H2,1-2H3. The molecule has 0 spiro atoms. The van der Waals surface area contributed by atoms with Crippen LogP contribution in [-0.2, 0) is 12.0 Å². The Hall–Kier alpha value is -1.06. The zero-order valence-corrected chi connectivity index (χ0v) is 11.4. The number of hydrogen-bond donors (Lipinski definition) is 2. The molecule has 1 fully saturated rings. The summed E-state index contributed by atoms with van der Waals surface area (Å²) in [6.45, 7) is 10.3. The van der Waals surface area contributed by atoms with Gasteiger partial charge < -0.3 is 10.6 Å². The minimum absolute atomic E-state index is 0.139.